The predicted octanol–water partition coefficient (Wildman–Crippen LogP) is 1.51. The maximum Gasteiger partial charge on any atom is 0.410 e. The molecule has 0 unspecified atom stereocenters. The molecule has 0 aromatic carbocycles. The fourth-order valence-electron chi connectivity index (χ4n) is 1.59. The van der Waals surface area contributed by atoms with Gasteiger partial charge >= 0.3 is 6.09 Å². The van der Waals surface area contributed by atoms with E-state index in [1.807, 2.05) is 0 Å². The number of carbonyl (C=O) groups excluding carboxylic acids is 1. The highest BCUT2D eigenvalue weighted by Gasteiger charge is 2.27. The quantitative estimate of drug-likeness (QED) is 0.792. The number of hydrogen-bond donors (Lipinski definition) is 1. The topological polar surface area (TPSA) is 102 Å². The molecule has 1 N–H and O–H groups in total. The van der Waals surface area contributed by atoms with E-state index in [4.69, 9.17) is 8.92 Å². The van der Waals surface area contributed by atoms with Crippen molar-refractivity contribution >= 4 is 16.2 Å². The number of rotatable bonds is 6. The van der Waals surface area contributed by atoms with Crippen LogP contribution in [0, 0.1) is 0 Å². The van der Waals surface area contributed by atoms with E-state index in [9.17, 15) is 13.2 Å². The molecule has 0 bridgehead atoms. The second kappa shape index (κ2) is 7.10. The minimum Gasteiger partial charge on any atom is -0.444 e. The van der Waals surface area contributed by atoms with Crippen molar-refractivity contribution in [1.82, 2.24) is 15.1 Å². The third-order valence-electron chi connectivity index (χ3n) is 2.58. The van der Waals surface area contributed by atoms with Gasteiger partial charge in [-0.25, -0.2) is 4.79 Å². The summed E-state index contributed by atoms with van der Waals surface area (Å²) in [6.45, 7) is 7.03. The molecular weight excluding hydrogens is 310 g/mol. The smallest absolute Gasteiger partial charge is 0.410 e. The highest BCUT2D eigenvalue weighted by molar-refractivity contribution is 7.85. The van der Waals surface area contributed by atoms with Crippen LogP contribution in [-0.2, 0) is 25.6 Å². The Labute approximate surface area is 130 Å². The summed E-state index contributed by atoms with van der Waals surface area (Å²) < 4.78 is 32.3. The molecule has 0 fully saturated rings. The number of ether oxygens (including phenoxy) is 1. The van der Waals surface area contributed by atoms with Crippen molar-refractivity contribution in [3.8, 4) is 0 Å². The van der Waals surface area contributed by atoms with Crippen molar-refractivity contribution in [2.24, 2.45) is 0 Å². The van der Waals surface area contributed by atoms with Gasteiger partial charge in [-0.2, -0.15) is 13.5 Å². The van der Waals surface area contributed by atoms with Crippen LogP contribution in [-0.4, -0.2) is 54.1 Å². The Kier molecular flexibility index (Phi) is 5.95. The van der Waals surface area contributed by atoms with Gasteiger partial charge in [0.05, 0.1) is 31.1 Å². The van der Waals surface area contributed by atoms with E-state index in [1.54, 1.807) is 40.0 Å². The molecule has 0 saturated heterocycles. The standard InChI is InChI=1S/C13H23N3O5S/c1-10(9-20-22(5,18)19)16(8-11-6-7-14-15-11)12(17)21-13(2,3)4/h6-7,10H,8-9H2,1-5H3,(H,14,15)/t10-/m1/s1. The lowest BCUT2D eigenvalue weighted by Crippen LogP contribution is -2.44. The Balaban J connectivity index is 2.83. The summed E-state index contributed by atoms with van der Waals surface area (Å²) in [5, 5.41) is 6.58. The van der Waals surface area contributed by atoms with Crippen LogP contribution in [0.15, 0.2) is 12.3 Å². The molecule has 1 amide bonds. The molecule has 1 atom stereocenters. The molecule has 22 heavy (non-hydrogen) atoms. The van der Waals surface area contributed by atoms with Gasteiger partial charge in [0.25, 0.3) is 10.1 Å². The number of nitrogens with zero attached hydrogens (tertiary/aromatic N) is 2. The Morgan fingerprint density at radius 1 is 1.45 bits per heavy atom. The lowest BCUT2D eigenvalue weighted by atomic mass is 10.2. The number of carbonyl (C=O) groups is 1. The molecule has 1 aromatic rings. The van der Waals surface area contributed by atoms with Crippen LogP contribution >= 0.6 is 0 Å². The van der Waals surface area contributed by atoms with Crippen LogP contribution in [0.5, 0.6) is 0 Å². The van der Waals surface area contributed by atoms with Gasteiger partial charge < -0.3 is 4.74 Å². The number of aromatic amines is 1. The molecule has 9 heteroatoms. The second-order valence-electron chi connectivity index (χ2n) is 6.03. The maximum atomic E-state index is 12.3. The Bertz CT molecular complexity index is 577. The lowest BCUT2D eigenvalue weighted by molar-refractivity contribution is 0.0107. The maximum absolute atomic E-state index is 12.3. The highest BCUT2D eigenvalue weighted by Crippen LogP contribution is 2.15. The average molecular weight is 333 g/mol. The van der Waals surface area contributed by atoms with Crippen LogP contribution in [0.4, 0.5) is 4.79 Å². The van der Waals surface area contributed by atoms with Crippen molar-refractivity contribution in [3.63, 3.8) is 0 Å². The normalized spacial score (nSPS) is 13.7. The van der Waals surface area contributed by atoms with Crippen LogP contribution in [0.2, 0.25) is 0 Å². The summed E-state index contributed by atoms with van der Waals surface area (Å²) in [7, 11) is -3.57. The number of aromatic nitrogens is 2. The minimum atomic E-state index is -3.57. The van der Waals surface area contributed by atoms with Gasteiger partial charge in [0.1, 0.15) is 5.60 Å². The van der Waals surface area contributed by atoms with E-state index in [1.165, 1.54) is 4.90 Å². The van der Waals surface area contributed by atoms with Gasteiger partial charge in [-0.05, 0) is 33.8 Å². The lowest BCUT2D eigenvalue weighted by Gasteiger charge is -2.31. The van der Waals surface area contributed by atoms with Crippen LogP contribution < -0.4 is 0 Å². The van der Waals surface area contributed by atoms with Gasteiger partial charge in [0, 0.05) is 6.20 Å². The van der Waals surface area contributed by atoms with Crippen LogP contribution in [0.25, 0.3) is 0 Å². The summed E-state index contributed by atoms with van der Waals surface area (Å²) in [5.74, 6) is 0. The summed E-state index contributed by atoms with van der Waals surface area (Å²) in [6, 6.07) is 1.23. The predicted molar refractivity (Wildman–Crippen MR) is 80.6 cm³/mol. The SMILES string of the molecule is C[C@H](COS(C)(=O)=O)N(Cc1ccn[nH]1)C(=O)OC(C)(C)C. The van der Waals surface area contributed by atoms with Gasteiger partial charge in [-0.3, -0.25) is 14.2 Å². The third kappa shape index (κ3) is 6.90. The zero-order valence-corrected chi connectivity index (χ0v) is 14.3. The third-order valence-corrected chi connectivity index (χ3v) is 3.15. The van der Waals surface area contributed by atoms with E-state index in [0.29, 0.717) is 5.69 Å². The van der Waals surface area contributed by atoms with Crippen molar-refractivity contribution < 1.29 is 22.1 Å². The summed E-state index contributed by atoms with van der Waals surface area (Å²) in [4.78, 5) is 13.7. The van der Waals surface area contributed by atoms with Crippen molar-refractivity contribution in [2.75, 3.05) is 12.9 Å². The molecule has 0 radical (unpaired) electrons. The first kappa shape index (κ1) is 18.4. The van der Waals surface area contributed by atoms with Crippen LogP contribution in [0.3, 0.4) is 0 Å². The average Bonchev–Trinajstić information content (AvgIpc) is 2.82. The van der Waals surface area contributed by atoms with E-state index in [2.05, 4.69) is 10.2 Å². The summed E-state index contributed by atoms with van der Waals surface area (Å²) in [6.07, 6.45) is 1.99. The second-order valence-corrected chi connectivity index (χ2v) is 7.67. The van der Waals surface area contributed by atoms with Gasteiger partial charge in [-0.15, -0.1) is 0 Å². The fraction of sp³-hybridized carbons (Fsp3) is 0.692. The summed E-state index contributed by atoms with van der Waals surface area (Å²) in [5.41, 5.74) is 0.0536. The van der Waals surface area contributed by atoms with E-state index in [-0.39, 0.29) is 13.2 Å². The first-order valence-electron chi connectivity index (χ1n) is 6.80. The number of hydrogen-bond acceptors (Lipinski definition) is 6. The zero-order chi connectivity index (χ0) is 17.0. The molecule has 0 spiro atoms. The number of amides is 1. The molecule has 1 heterocycles. The molecule has 0 aliphatic carbocycles. The Morgan fingerprint density at radius 2 is 2.09 bits per heavy atom. The van der Waals surface area contributed by atoms with Crippen molar-refractivity contribution in [1.29, 1.82) is 0 Å². The molecule has 8 nitrogen and oxygen atoms in total. The van der Waals surface area contributed by atoms with Crippen molar-refractivity contribution in [3.05, 3.63) is 18.0 Å². The molecule has 0 aliphatic rings. The van der Waals surface area contributed by atoms with Crippen LogP contribution in [0.1, 0.15) is 33.4 Å². The van der Waals surface area contributed by atoms with E-state index in [0.717, 1.165) is 6.26 Å². The molecule has 1 aromatic heterocycles. The molecule has 126 valence electrons. The number of nitrogens with one attached hydrogen (secondary N) is 1. The van der Waals surface area contributed by atoms with E-state index >= 15 is 0 Å². The minimum absolute atomic E-state index is 0.147. The zero-order valence-electron chi connectivity index (χ0n) is 13.5. The van der Waals surface area contributed by atoms with Gasteiger partial charge in [0.15, 0.2) is 0 Å². The van der Waals surface area contributed by atoms with Gasteiger partial charge in [-0.1, -0.05) is 0 Å². The van der Waals surface area contributed by atoms with E-state index < -0.39 is 27.9 Å². The van der Waals surface area contributed by atoms with Crippen molar-refractivity contribution in [2.45, 2.75) is 45.9 Å². The molecule has 1 rings (SSSR count). The monoisotopic (exact) mass is 333 g/mol. The Hall–Kier alpha value is -1.61. The fourth-order valence-corrected chi connectivity index (χ4v) is 2.03. The molecule has 0 saturated carbocycles. The number of H-pyrrole nitrogens is 1. The molecular formula is C13H23N3O5S. The first-order chi connectivity index (χ1) is 9.98. The summed E-state index contributed by atoms with van der Waals surface area (Å²) >= 11 is 0. The highest BCUT2D eigenvalue weighted by atomic mass is 32.2. The largest absolute Gasteiger partial charge is 0.444 e. The Morgan fingerprint density at radius 3 is 2.55 bits per heavy atom. The molecule has 0 aliphatic heterocycles. The first-order valence-corrected chi connectivity index (χ1v) is 8.62. The van der Waals surface area contributed by atoms with Gasteiger partial charge in [0.2, 0.25) is 0 Å².